The average Bonchev–Trinajstić information content (AvgIpc) is 3.26. The highest BCUT2D eigenvalue weighted by atomic mass is 16.5. The number of hydrogen-bond acceptors (Lipinski definition) is 6. The van der Waals surface area contributed by atoms with Crippen LogP contribution in [0.2, 0.25) is 0 Å². The second kappa shape index (κ2) is 10.4. The van der Waals surface area contributed by atoms with Gasteiger partial charge in [0.2, 0.25) is 11.8 Å². The smallest absolute Gasteiger partial charge is 0.256 e. The summed E-state index contributed by atoms with van der Waals surface area (Å²) < 4.78 is 11.4. The fourth-order valence-electron chi connectivity index (χ4n) is 4.69. The Bertz CT molecular complexity index is 1050. The van der Waals surface area contributed by atoms with Crippen molar-refractivity contribution in [2.75, 3.05) is 26.8 Å². The van der Waals surface area contributed by atoms with Crippen molar-refractivity contribution in [3.05, 3.63) is 59.9 Å². The highest BCUT2D eigenvalue weighted by Crippen LogP contribution is 2.39. The Labute approximate surface area is 205 Å². The molecule has 2 aliphatic heterocycles. The molecule has 186 valence electrons. The van der Waals surface area contributed by atoms with Crippen molar-refractivity contribution in [2.24, 2.45) is 5.92 Å². The molecule has 2 saturated heterocycles. The molecule has 9 nitrogen and oxygen atoms in total. The number of carbonyl (C=O) groups excluding carboxylic acids is 3. The molecule has 1 N–H and O–H groups in total. The Morgan fingerprint density at radius 3 is 2.49 bits per heavy atom. The van der Waals surface area contributed by atoms with Crippen molar-refractivity contribution < 1.29 is 23.9 Å². The van der Waals surface area contributed by atoms with E-state index in [0.29, 0.717) is 43.8 Å². The van der Waals surface area contributed by atoms with E-state index in [2.05, 4.69) is 10.3 Å². The lowest BCUT2D eigenvalue weighted by molar-refractivity contribution is -0.146. The minimum atomic E-state index is -0.943. The van der Waals surface area contributed by atoms with Crippen molar-refractivity contribution in [1.82, 2.24) is 20.1 Å². The molecular formula is C26H32N4O5. The van der Waals surface area contributed by atoms with Gasteiger partial charge < -0.3 is 19.7 Å². The maximum absolute atomic E-state index is 13.8. The minimum Gasteiger partial charge on any atom is -0.497 e. The molecule has 3 amide bonds. The first-order valence-corrected chi connectivity index (χ1v) is 11.9. The topological polar surface area (TPSA) is 101 Å². The molecule has 2 aliphatic rings. The highest BCUT2D eigenvalue weighted by Gasteiger charge is 2.54. The SMILES string of the molecule is COc1ccc(C(=O)N2[C@@H](C(=O)NCc3cccnc3)COC23CCN(C(=O)C(C)C)CC3)cc1. The van der Waals surface area contributed by atoms with Crippen LogP contribution in [0.15, 0.2) is 48.8 Å². The lowest BCUT2D eigenvalue weighted by Gasteiger charge is -2.44. The first-order chi connectivity index (χ1) is 16.8. The number of carbonyl (C=O) groups is 3. The van der Waals surface area contributed by atoms with Gasteiger partial charge in [0.25, 0.3) is 5.91 Å². The third-order valence-corrected chi connectivity index (χ3v) is 6.66. The van der Waals surface area contributed by atoms with Gasteiger partial charge in [0.15, 0.2) is 0 Å². The van der Waals surface area contributed by atoms with Crippen LogP contribution in [0.5, 0.6) is 5.75 Å². The van der Waals surface area contributed by atoms with E-state index in [-0.39, 0.29) is 30.2 Å². The summed E-state index contributed by atoms with van der Waals surface area (Å²) in [5.41, 5.74) is 0.366. The second-order valence-corrected chi connectivity index (χ2v) is 9.24. The van der Waals surface area contributed by atoms with Gasteiger partial charge >= 0.3 is 0 Å². The van der Waals surface area contributed by atoms with E-state index in [4.69, 9.17) is 9.47 Å². The molecule has 2 fully saturated rings. The van der Waals surface area contributed by atoms with Crippen LogP contribution in [0, 0.1) is 5.92 Å². The van der Waals surface area contributed by atoms with Crippen molar-refractivity contribution in [3.8, 4) is 5.75 Å². The monoisotopic (exact) mass is 480 g/mol. The van der Waals surface area contributed by atoms with Gasteiger partial charge in [0.1, 0.15) is 17.5 Å². The number of amides is 3. The van der Waals surface area contributed by atoms with Gasteiger partial charge in [0, 0.05) is 56.4 Å². The summed E-state index contributed by atoms with van der Waals surface area (Å²) in [7, 11) is 1.56. The third kappa shape index (κ3) is 5.14. The fourth-order valence-corrected chi connectivity index (χ4v) is 4.69. The zero-order chi connectivity index (χ0) is 25.0. The molecule has 1 aromatic carbocycles. The van der Waals surface area contributed by atoms with Gasteiger partial charge in [-0.05, 0) is 35.9 Å². The van der Waals surface area contributed by atoms with E-state index < -0.39 is 11.8 Å². The summed E-state index contributed by atoms with van der Waals surface area (Å²) in [6.07, 6.45) is 4.25. The molecule has 4 rings (SSSR count). The van der Waals surface area contributed by atoms with Crippen LogP contribution in [0.25, 0.3) is 0 Å². The number of methoxy groups -OCH3 is 1. The number of piperidine rings is 1. The maximum Gasteiger partial charge on any atom is 0.256 e. The molecular weight excluding hydrogens is 448 g/mol. The lowest BCUT2D eigenvalue weighted by Crippen LogP contribution is -2.60. The number of hydrogen-bond donors (Lipinski definition) is 1. The Hall–Kier alpha value is -3.46. The number of rotatable bonds is 6. The van der Waals surface area contributed by atoms with Gasteiger partial charge in [-0.2, -0.15) is 0 Å². The number of nitrogens with zero attached hydrogens (tertiary/aromatic N) is 3. The van der Waals surface area contributed by atoms with E-state index in [9.17, 15) is 14.4 Å². The summed E-state index contributed by atoms with van der Waals surface area (Å²) in [5.74, 6) is 0.0528. The number of benzene rings is 1. The standard InChI is InChI=1S/C26H32N4O5/c1-18(2)24(32)29-13-10-26(11-14-29)30(25(33)20-6-8-21(34-3)9-7-20)22(17-35-26)23(31)28-16-19-5-4-12-27-15-19/h4-9,12,15,18,22H,10-11,13-14,16-17H2,1-3H3,(H,28,31)/t22-/m1/s1. The van der Waals surface area contributed by atoms with E-state index in [1.54, 1.807) is 54.7 Å². The van der Waals surface area contributed by atoms with Gasteiger partial charge in [-0.25, -0.2) is 0 Å². The largest absolute Gasteiger partial charge is 0.497 e. The van der Waals surface area contributed by atoms with E-state index >= 15 is 0 Å². The lowest BCUT2D eigenvalue weighted by atomic mass is 9.95. The van der Waals surface area contributed by atoms with Crippen LogP contribution in [0.1, 0.15) is 42.6 Å². The molecule has 0 aliphatic carbocycles. The number of aromatic nitrogens is 1. The van der Waals surface area contributed by atoms with Crippen molar-refractivity contribution in [3.63, 3.8) is 0 Å². The maximum atomic E-state index is 13.8. The van der Waals surface area contributed by atoms with Crippen molar-refractivity contribution >= 4 is 17.7 Å². The van der Waals surface area contributed by atoms with Gasteiger partial charge in [-0.3, -0.25) is 24.3 Å². The average molecular weight is 481 g/mol. The minimum absolute atomic E-state index is 0.0802. The molecule has 0 radical (unpaired) electrons. The zero-order valence-electron chi connectivity index (χ0n) is 20.4. The summed E-state index contributed by atoms with van der Waals surface area (Å²) in [5, 5.41) is 2.92. The Morgan fingerprint density at radius 1 is 1.17 bits per heavy atom. The molecule has 0 unspecified atom stereocenters. The molecule has 0 saturated carbocycles. The zero-order valence-corrected chi connectivity index (χ0v) is 20.4. The second-order valence-electron chi connectivity index (χ2n) is 9.24. The van der Waals surface area contributed by atoms with Crippen LogP contribution in [0.4, 0.5) is 0 Å². The number of nitrogens with one attached hydrogen (secondary N) is 1. The summed E-state index contributed by atoms with van der Waals surface area (Å²) in [6, 6.07) is 9.72. The Kier molecular flexibility index (Phi) is 7.35. The van der Waals surface area contributed by atoms with Crippen molar-refractivity contribution in [1.29, 1.82) is 0 Å². The molecule has 3 heterocycles. The van der Waals surface area contributed by atoms with E-state index in [1.165, 1.54) is 0 Å². The Morgan fingerprint density at radius 2 is 1.89 bits per heavy atom. The summed E-state index contributed by atoms with van der Waals surface area (Å²) in [6.45, 7) is 5.08. The predicted molar refractivity (Wildman–Crippen MR) is 128 cm³/mol. The van der Waals surface area contributed by atoms with Gasteiger partial charge in [-0.15, -0.1) is 0 Å². The molecule has 9 heteroatoms. The summed E-state index contributed by atoms with van der Waals surface area (Å²) >= 11 is 0. The van der Waals surface area contributed by atoms with Gasteiger partial charge in [-0.1, -0.05) is 19.9 Å². The van der Waals surface area contributed by atoms with Crippen LogP contribution >= 0.6 is 0 Å². The molecule has 2 aromatic rings. The van der Waals surface area contributed by atoms with Gasteiger partial charge in [0.05, 0.1) is 13.7 Å². The molecule has 35 heavy (non-hydrogen) atoms. The molecule has 1 atom stereocenters. The normalized spacial score (nSPS) is 19.1. The van der Waals surface area contributed by atoms with Crippen LogP contribution < -0.4 is 10.1 Å². The van der Waals surface area contributed by atoms with Crippen LogP contribution in [-0.4, -0.2) is 71.1 Å². The number of ether oxygens (including phenoxy) is 2. The third-order valence-electron chi connectivity index (χ3n) is 6.66. The van der Waals surface area contributed by atoms with Crippen LogP contribution in [-0.2, 0) is 20.9 Å². The highest BCUT2D eigenvalue weighted by molar-refractivity contribution is 5.98. The predicted octanol–water partition coefficient (Wildman–Crippen LogP) is 2.22. The number of pyridine rings is 1. The Balaban J connectivity index is 1.57. The quantitative estimate of drug-likeness (QED) is 0.681. The summed E-state index contributed by atoms with van der Waals surface area (Å²) in [4.78, 5) is 47.0. The molecule has 1 spiro atoms. The molecule has 0 bridgehead atoms. The first-order valence-electron chi connectivity index (χ1n) is 11.9. The van der Waals surface area contributed by atoms with Crippen LogP contribution in [0.3, 0.4) is 0 Å². The first kappa shape index (κ1) is 24.7. The molecule has 1 aromatic heterocycles. The fraction of sp³-hybridized carbons (Fsp3) is 0.462. The van der Waals surface area contributed by atoms with Crippen molar-refractivity contribution in [2.45, 2.75) is 45.0 Å². The van der Waals surface area contributed by atoms with E-state index in [1.807, 2.05) is 24.8 Å². The number of likely N-dealkylation sites (tertiary alicyclic amines) is 1. The van der Waals surface area contributed by atoms with E-state index in [0.717, 1.165) is 5.56 Å².